The van der Waals surface area contributed by atoms with Crippen LogP contribution in [-0.2, 0) is 9.47 Å². The van der Waals surface area contributed by atoms with Crippen LogP contribution < -0.4 is 0 Å². The Morgan fingerprint density at radius 1 is 0.821 bits per heavy atom. The predicted molar refractivity (Wildman–Crippen MR) is 110 cm³/mol. The molecule has 4 heteroatoms. The van der Waals surface area contributed by atoms with E-state index in [2.05, 4.69) is 13.8 Å². The lowest BCUT2D eigenvalue weighted by Crippen LogP contribution is -2.49. The van der Waals surface area contributed by atoms with Crippen LogP contribution in [0, 0.1) is 5.92 Å². The second-order valence-corrected chi connectivity index (χ2v) is 7.19. The molecule has 0 spiro atoms. The van der Waals surface area contributed by atoms with Crippen LogP contribution in [0.5, 0.6) is 0 Å². The fourth-order valence-electron chi connectivity index (χ4n) is 3.37. The van der Waals surface area contributed by atoms with E-state index in [-0.39, 0.29) is 5.92 Å². The van der Waals surface area contributed by atoms with Crippen molar-refractivity contribution in [1.82, 2.24) is 0 Å². The van der Waals surface area contributed by atoms with E-state index in [0.717, 1.165) is 12.8 Å². The summed E-state index contributed by atoms with van der Waals surface area (Å²) in [5.74, 6) is -0.717. The smallest absolute Gasteiger partial charge is 0.338 e. The molecule has 0 fully saturated rings. The molecular formula is C24H30O4. The van der Waals surface area contributed by atoms with Gasteiger partial charge in [-0.3, -0.25) is 0 Å². The van der Waals surface area contributed by atoms with Gasteiger partial charge in [0.2, 0.25) is 0 Å². The molecule has 2 atom stereocenters. The van der Waals surface area contributed by atoms with Gasteiger partial charge in [0.1, 0.15) is 11.7 Å². The summed E-state index contributed by atoms with van der Waals surface area (Å²) in [6.07, 6.45) is 1.64. The largest absolute Gasteiger partial charge is 0.454 e. The van der Waals surface area contributed by atoms with E-state index in [1.54, 1.807) is 48.5 Å². The van der Waals surface area contributed by atoms with E-state index in [4.69, 9.17) is 9.47 Å². The fraction of sp³-hybridized carbons (Fsp3) is 0.417. The van der Waals surface area contributed by atoms with Crippen LogP contribution in [0.3, 0.4) is 0 Å². The maximum absolute atomic E-state index is 12.7. The predicted octanol–water partition coefficient (Wildman–Crippen LogP) is 5.67. The SMILES string of the molecule is CCC(CC)C(OC(=O)c1ccccc1)C(C)(CC)OC(=O)c1ccccc1. The van der Waals surface area contributed by atoms with E-state index in [1.807, 2.05) is 26.0 Å². The van der Waals surface area contributed by atoms with E-state index >= 15 is 0 Å². The van der Waals surface area contributed by atoms with Gasteiger partial charge >= 0.3 is 11.9 Å². The molecule has 2 rings (SSSR count). The molecule has 0 saturated carbocycles. The molecule has 0 radical (unpaired) electrons. The molecule has 150 valence electrons. The zero-order chi connectivity index (χ0) is 20.6. The van der Waals surface area contributed by atoms with Gasteiger partial charge in [-0.25, -0.2) is 9.59 Å². The number of carbonyl (C=O) groups excluding carboxylic acids is 2. The maximum Gasteiger partial charge on any atom is 0.338 e. The molecule has 2 aromatic rings. The summed E-state index contributed by atoms with van der Waals surface area (Å²) in [6.45, 7) is 7.93. The van der Waals surface area contributed by atoms with Crippen molar-refractivity contribution in [3.63, 3.8) is 0 Å². The minimum atomic E-state index is -0.923. The van der Waals surface area contributed by atoms with Crippen molar-refractivity contribution in [1.29, 1.82) is 0 Å². The molecule has 0 N–H and O–H groups in total. The van der Waals surface area contributed by atoms with Crippen molar-refractivity contribution in [3.05, 3.63) is 71.8 Å². The summed E-state index contributed by atoms with van der Waals surface area (Å²) in [7, 11) is 0. The van der Waals surface area contributed by atoms with Gasteiger partial charge in [-0.15, -0.1) is 0 Å². The van der Waals surface area contributed by atoms with Crippen LogP contribution in [0.15, 0.2) is 60.7 Å². The summed E-state index contributed by atoms with van der Waals surface area (Å²) >= 11 is 0. The van der Waals surface area contributed by atoms with Gasteiger partial charge in [0.25, 0.3) is 0 Å². The van der Waals surface area contributed by atoms with Crippen LogP contribution in [0.2, 0.25) is 0 Å². The minimum Gasteiger partial charge on any atom is -0.454 e. The van der Waals surface area contributed by atoms with E-state index in [1.165, 1.54) is 0 Å². The monoisotopic (exact) mass is 382 g/mol. The highest BCUT2D eigenvalue weighted by Gasteiger charge is 2.43. The third-order valence-corrected chi connectivity index (χ3v) is 5.36. The molecule has 0 aromatic heterocycles. The van der Waals surface area contributed by atoms with Crippen molar-refractivity contribution >= 4 is 11.9 Å². The van der Waals surface area contributed by atoms with Gasteiger partial charge in [-0.1, -0.05) is 57.2 Å². The highest BCUT2D eigenvalue weighted by Crippen LogP contribution is 2.33. The second kappa shape index (κ2) is 10.1. The minimum absolute atomic E-state index is 0.0844. The molecule has 4 nitrogen and oxygen atoms in total. The van der Waals surface area contributed by atoms with Crippen LogP contribution in [-0.4, -0.2) is 23.6 Å². The van der Waals surface area contributed by atoms with E-state index in [9.17, 15) is 9.59 Å². The molecule has 2 unspecified atom stereocenters. The number of benzene rings is 2. The van der Waals surface area contributed by atoms with Crippen molar-refractivity contribution < 1.29 is 19.1 Å². The Labute approximate surface area is 167 Å². The third-order valence-electron chi connectivity index (χ3n) is 5.36. The zero-order valence-corrected chi connectivity index (χ0v) is 17.2. The standard InChI is InChI=1S/C24H30O4/c1-5-18(6-2)21(27-22(25)19-14-10-8-11-15-19)24(4,7-3)28-23(26)20-16-12-9-13-17-20/h8-18,21H,5-7H2,1-4H3. The Balaban J connectivity index is 2.30. The molecule has 0 aliphatic heterocycles. The zero-order valence-electron chi connectivity index (χ0n) is 17.2. The van der Waals surface area contributed by atoms with Crippen molar-refractivity contribution in [3.8, 4) is 0 Å². The number of carbonyl (C=O) groups is 2. The maximum atomic E-state index is 12.7. The topological polar surface area (TPSA) is 52.6 Å². The van der Waals surface area contributed by atoms with Gasteiger partial charge in [-0.2, -0.15) is 0 Å². The first kappa shape index (κ1) is 21.7. The van der Waals surface area contributed by atoms with Crippen LogP contribution in [0.4, 0.5) is 0 Å². The number of hydrogen-bond acceptors (Lipinski definition) is 4. The fourth-order valence-corrected chi connectivity index (χ4v) is 3.37. The molecule has 0 aliphatic carbocycles. The Kier molecular flexibility index (Phi) is 7.80. The summed E-state index contributed by atoms with van der Waals surface area (Å²) in [5, 5.41) is 0. The van der Waals surface area contributed by atoms with Gasteiger partial charge < -0.3 is 9.47 Å². The van der Waals surface area contributed by atoms with E-state index < -0.39 is 23.6 Å². The molecule has 0 saturated heterocycles. The molecule has 2 aromatic carbocycles. The van der Waals surface area contributed by atoms with Crippen molar-refractivity contribution in [2.24, 2.45) is 5.92 Å². The average molecular weight is 383 g/mol. The molecule has 0 bridgehead atoms. The molecule has 0 amide bonds. The number of ether oxygens (including phenoxy) is 2. The summed E-state index contributed by atoms with van der Waals surface area (Å²) in [5.41, 5.74) is 0.0554. The first-order chi connectivity index (χ1) is 13.4. The van der Waals surface area contributed by atoms with Gasteiger partial charge in [-0.05, 0) is 56.4 Å². The Bertz CT molecular complexity index is 753. The quantitative estimate of drug-likeness (QED) is 0.524. The van der Waals surface area contributed by atoms with E-state index in [0.29, 0.717) is 17.5 Å². The number of esters is 2. The van der Waals surface area contributed by atoms with Gasteiger partial charge in [0.05, 0.1) is 11.1 Å². The Morgan fingerprint density at radius 2 is 1.29 bits per heavy atom. The normalized spacial score (nSPS) is 14.2. The summed E-state index contributed by atoms with van der Waals surface area (Å²) in [4.78, 5) is 25.5. The summed E-state index contributed by atoms with van der Waals surface area (Å²) < 4.78 is 11.9. The van der Waals surface area contributed by atoms with Gasteiger partial charge in [0.15, 0.2) is 0 Å². The highest BCUT2D eigenvalue weighted by atomic mass is 16.6. The van der Waals surface area contributed by atoms with Crippen molar-refractivity contribution in [2.45, 2.75) is 58.7 Å². The second-order valence-electron chi connectivity index (χ2n) is 7.19. The lowest BCUT2D eigenvalue weighted by atomic mass is 9.83. The lowest BCUT2D eigenvalue weighted by Gasteiger charge is -2.39. The highest BCUT2D eigenvalue weighted by molar-refractivity contribution is 5.90. The lowest BCUT2D eigenvalue weighted by molar-refractivity contribution is -0.111. The Morgan fingerprint density at radius 3 is 1.71 bits per heavy atom. The molecular weight excluding hydrogens is 352 g/mol. The summed E-state index contributed by atoms with van der Waals surface area (Å²) in [6, 6.07) is 17.8. The van der Waals surface area contributed by atoms with Crippen LogP contribution in [0.25, 0.3) is 0 Å². The Hall–Kier alpha value is -2.62. The average Bonchev–Trinajstić information content (AvgIpc) is 2.74. The third kappa shape index (κ3) is 5.22. The van der Waals surface area contributed by atoms with Gasteiger partial charge in [0, 0.05) is 0 Å². The van der Waals surface area contributed by atoms with Crippen LogP contribution in [0.1, 0.15) is 67.7 Å². The molecule has 0 aliphatic rings. The van der Waals surface area contributed by atoms with Crippen molar-refractivity contribution in [2.75, 3.05) is 0 Å². The first-order valence-electron chi connectivity index (χ1n) is 9.99. The first-order valence-corrected chi connectivity index (χ1v) is 9.99. The van der Waals surface area contributed by atoms with Crippen LogP contribution >= 0.6 is 0 Å². The molecule has 28 heavy (non-hydrogen) atoms. The number of rotatable bonds is 9. The molecule has 0 heterocycles. The number of hydrogen-bond donors (Lipinski definition) is 0.